The fourth-order valence-electron chi connectivity index (χ4n) is 2.87. The summed E-state index contributed by atoms with van der Waals surface area (Å²) in [6.45, 7) is 3.87. The van der Waals surface area contributed by atoms with E-state index in [1.54, 1.807) is 12.1 Å². The number of carbonyl (C=O) groups is 1. The number of phenolic OH excluding ortho intramolecular Hbond substituents is 1. The van der Waals surface area contributed by atoms with Crippen LogP contribution in [-0.4, -0.2) is 11.0 Å². The molecule has 0 saturated heterocycles. The van der Waals surface area contributed by atoms with Crippen molar-refractivity contribution in [3.8, 4) is 11.8 Å². The highest BCUT2D eigenvalue weighted by atomic mass is 16.3. The minimum atomic E-state index is -0.508. The van der Waals surface area contributed by atoms with Gasteiger partial charge in [0, 0.05) is 11.3 Å². The maximum absolute atomic E-state index is 12.5. The molecule has 0 aliphatic rings. The second-order valence-electron chi connectivity index (χ2n) is 6.16. The number of aromatic hydroxyl groups is 1. The fraction of sp³-hybridized carbons (Fsp3) is 0.0909. The van der Waals surface area contributed by atoms with E-state index in [1.165, 1.54) is 6.08 Å². The van der Waals surface area contributed by atoms with Crippen molar-refractivity contribution in [3.63, 3.8) is 0 Å². The summed E-state index contributed by atoms with van der Waals surface area (Å²) < 4.78 is 0. The van der Waals surface area contributed by atoms with E-state index in [1.807, 2.05) is 62.4 Å². The minimum absolute atomic E-state index is 0.0239. The summed E-state index contributed by atoms with van der Waals surface area (Å²) in [4.78, 5) is 12.5. The van der Waals surface area contributed by atoms with Crippen LogP contribution < -0.4 is 5.32 Å². The molecule has 0 unspecified atom stereocenters. The summed E-state index contributed by atoms with van der Waals surface area (Å²) in [5.41, 5.74) is 3.05. The Morgan fingerprint density at radius 1 is 1.12 bits per heavy atom. The first-order valence-electron chi connectivity index (χ1n) is 8.20. The van der Waals surface area contributed by atoms with Gasteiger partial charge in [0.1, 0.15) is 17.4 Å². The van der Waals surface area contributed by atoms with Crippen LogP contribution in [0, 0.1) is 25.2 Å². The Morgan fingerprint density at radius 3 is 2.62 bits per heavy atom. The topological polar surface area (TPSA) is 73.1 Å². The molecule has 0 atom stereocenters. The molecule has 0 heterocycles. The Bertz CT molecular complexity index is 1080. The van der Waals surface area contributed by atoms with Crippen LogP contribution in [0.2, 0.25) is 0 Å². The maximum atomic E-state index is 12.5. The van der Waals surface area contributed by atoms with E-state index in [0.29, 0.717) is 11.3 Å². The van der Waals surface area contributed by atoms with E-state index < -0.39 is 5.91 Å². The van der Waals surface area contributed by atoms with E-state index in [-0.39, 0.29) is 11.3 Å². The monoisotopic (exact) mass is 342 g/mol. The van der Waals surface area contributed by atoms with Crippen molar-refractivity contribution in [1.29, 1.82) is 5.26 Å². The zero-order chi connectivity index (χ0) is 18.7. The predicted molar refractivity (Wildman–Crippen MR) is 104 cm³/mol. The summed E-state index contributed by atoms with van der Waals surface area (Å²) in [6, 6.07) is 18.5. The van der Waals surface area contributed by atoms with Crippen molar-refractivity contribution < 1.29 is 9.90 Å². The van der Waals surface area contributed by atoms with Gasteiger partial charge in [-0.25, -0.2) is 0 Å². The molecule has 0 aliphatic heterocycles. The third-order valence-electron chi connectivity index (χ3n) is 4.23. The Morgan fingerprint density at radius 2 is 1.88 bits per heavy atom. The number of benzene rings is 3. The van der Waals surface area contributed by atoms with Crippen molar-refractivity contribution in [2.75, 3.05) is 5.32 Å². The van der Waals surface area contributed by atoms with E-state index in [0.717, 1.165) is 21.9 Å². The molecule has 3 aromatic carbocycles. The number of hydrogen-bond acceptors (Lipinski definition) is 3. The normalized spacial score (nSPS) is 11.2. The average molecular weight is 342 g/mol. The largest absolute Gasteiger partial charge is 0.507 e. The lowest BCUT2D eigenvalue weighted by Crippen LogP contribution is -2.14. The highest BCUT2D eigenvalue weighted by Gasteiger charge is 2.13. The van der Waals surface area contributed by atoms with Gasteiger partial charge in [0.15, 0.2) is 0 Å². The smallest absolute Gasteiger partial charge is 0.266 e. The molecule has 128 valence electrons. The molecule has 4 heteroatoms. The quantitative estimate of drug-likeness (QED) is 0.535. The summed E-state index contributed by atoms with van der Waals surface area (Å²) in [5, 5.41) is 24.1. The first-order valence-corrected chi connectivity index (χ1v) is 8.20. The number of aryl methyl sites for hydroxylation is 2. The lowest BCUT2D eigenvalue weighted by atomic mass is 10.0. The molecule has 0 spiro atoms. The molecule has 4 nitrogen and oxygen atoms in total. The molecule has 0 bridgehead atoms. The molecule has 0 aliphatic carbocycles. The Balaban J connectivity index is 2.00. The fourth-order valence-corrected chi connectivity index (χ4v) is 2.87. The van der Waals surface area contributed by atoms with Crippen LogP contribution in [0.4, 0.5) is 5.69 Å². The van der Waals surface area contributed by atoms with Crippen LogP contribution in [-0.2, 0) is 4.79 Å². The number of carbonyl (C=O) groups excluding carboxylic acids is 1. The molecule has 0 fully saturated rings. The van der Waals surface area contributed by atoms with Crippen LogP contribution in [0.3, 0.4) is 0 Å². The van der Waals surface area contributed by atoms with Gasteiger partial charge in [-0.2, -0.15) is 5.26 Å². The number of phenols is 1. The minimum Gasteiger partial charge on any atom is -0.507 e. The van der Waals surface area contributed by atoms with Crippen LogP contribution in [0.5, 0.6) is 5.75 Å². The highest BCUT2D eigenvalue weighted by Crippen LogP contribution is 2.29. The van der Waals surface area contributed by atoms with Crippen molar-refractivity contribution in [2.24, 2.45) is 0 Å². The lowest BCUT2D eigenvalue weighted by molar-refractivity contribution is -0.112. The first kappa shape index (κ1) is 17.2. The van der Waals surface area contributed by atoms with Gasteiger partial charge in [-0.3, -0.25) is 4.79 Å². The van der Waals surface area contributed by atoms with E-state index >= 15 is 0 Å². The second kappa shape index (κ2) is 7.12. The third kappa shape index (κ3) is 3.42. The van der Waals surface area contributed by atoms with Crippen molar-refractivity contribution >= 4 is 28.4 Å². The zero-order valence-electron chi connectivity index (χ0n) is 14.6. The molecular weight excluding hydrogens is 324 g/mol. The molecule has 0 aromatic heterocycles. The number of nitrogens with zero attached hydrogens (tertiary/aromatic N) is 1. The molecule has 0 saturated carbocycles. The zero-order valence-corrected chi connectivity index (χ0v) is 14.6. The third-order valence-corrected chi connectivity index (χ3v) is 4.23. The molecule has 2 N–H and O–H groups in total. The van der Waals surface area contributed by atoms with Gasteiger partial charge in [0.05, 0.1) is 0 Å². The summed E-state index contributed by atoms with van der Waals surface area (Å²) in [7, 11) is 0. The number of rotatable bonds is 3. The number of amides is 1. The number of anilines is 1. The summed E-state index contributed by atoms with van der Waals surface area (Å²) in [5.74, 6) is -0.484. The van der Waals surface area contributed by atoms with Gasteiger partial charge in [0.2, 0.25) is 0 Å². The Hall–Kier alpha value is -3.58. The number of nitrogens with one attached hydrogen (secondary N) is 1. The molecule has 1 amide bonds. The van der Waals surface area contributed by atoms with Crippen molar-refractivity contribution in [2.45, 2.75) is 13.8 Å². The number of fused-ring (bicyclic) bond motifs is 1. The number of nitriles is 1. The standard InChI is InChI=1S/C22H18N2O2/c1-14-7-9-20(15(2)11-14)24-22(26)17(13-23)12-19-18-6-4-3-5-16(18)8-10-21(19)25/h3-12,25H,1-2H3,(H,24,26)/b17-12-. The number of hydrogen-bond donors (Lipinski definition) is 2. The molecule has 3 aromatic rings. The molecule has 26 heavy (non-hydrogen) atoms. The van der Waals surface area contributed by atoms with Gasteiger partial charge in [-0.15, -0.1) is 0 Å². The Kier molecular flexibility index (Phi) is 4.72. The second-order valence-corrected chi connectivity index (χ2v) is 6.16. The van der Waals surface area contributed by atoms with E-state index in [2.05, 4.69) is 5.32 Å². The van der Waals surface area contributed by atoms with E-state index in [4.69, 9.17) is 0 Å². The van der Waals surface area contributed by atoms with Crippen molar-refractivity contribution in [1.82, 2.24) is 0 Å². The highest BCUT2D eigenvalue weighted by molar-refractivity contribution is 6.11. The van der Waals surface area contributed by atoms with E-state index in [9.17, 15) is 15.2 Å². The van der Waals surface area contributed by atoms with Crippen LogP contribution >= 0.6 is 0 Å². The lowest BCUT2D eigenvalue weighted by Gasteiger charge is -2.09. The van der Waals surface area contributed by atoms with Crippen LogP contribution in [0.15, 0.2) is 60.2 Å². The predicted octanol–water partition coefficient (Wildman–Crippen LogP) is 4.71. The summed E-state index contributed by atoms with van der Waals surface area (Å²) >= 11 is 0. The van der Waals surface area contributed by atoms with Crippen LogP contribution in [0.1, 0.15) is 16.7 Å². The van der Waals surface area contributed by atoms with Gasteiger partial charge >= 0.3 is 0 Å². The molecule has 0 radical (unpaired) electrons. The SMILES string of the molecule is Cc1ccc(NC(=O)/C(C#N)=C\c2c(O)ccc3ccccc23)c(C)c1. The van der Waals surface area contributed by atoms with Crippen molar-refractivity contribution in [3.05, 3.63) is 76.9 Å². The van der Waals surface area contributed by atoms with Crippen LogP contribution in [0.25, 0.3) is 16.8 Å². The maximum Gasteiger partial charge on any atom is 0.266 e. The van der Waals surface area contributed by atoms with Gasteiger partial charge in [0.25, 0.3) is 5.91 Å². The van der Waals surface area contributed by atoms with Gasteiger partial charge < -0.3 is 10.4 Å². The average Bonchev–Trinajstić information content (AvgIpc) is 2.63. The molecule has 3 rings (SSSR count). The Labute approximate surface area is 152 Å². The summed E-state index contributed by atoms with van der Waals surface area (Å²) in [6.07, 6.45) is 1.43. The van der Waals surface area contributed by atoms with Gasteiger partial charge in [-0.05, 0) is 48.4 Å². The van der Waals surface area contributed by atoms with Gasteiger partial charge in [-0.1, -0.05) is 48.0 Å². The first-order chi connectivity index (χ1) is 12.5. The molecular formula is C22H18N2O2.